The zero-order valence-corrected chi connectivity index (χ0v) is 15.4. The number of hydrogen-bond acceptors (Lipinski definition) is 3. The molecule has 2 rings (SSSR count). The fraction of sp³-hybridized carbons (Fsp3) is 0.389. The van der Waals surface area contributed by atoms with Crippen LogP contribution in [0.3, 0.4) is 0 Å². The third kappa shape index (κ3) is 5.73. The molecule has 0 aliphatic carbocycles. The molecule has 0 fully saturated rings. The lowest BCUT2D eigenvalue weighted by atomic mass is 10.1. The summed E-state index contributed by atoms with van der Waals surface area (Å²) < 4.78 is 41.9. The smallest absolute Gasteiger partial charge is 0.416 e. The van der Waals surface area contributed by atoms with Crippen molar-refractivity contribution in [3.8, 4) is 5.69 Å². The van der Waals surface area contributed by atoms with Crippen molar-refractivity contribution in [1.29, 1.82) is 0 Å². The average Bonchev–Trinajstić information content (AvgIpc) is 2.94. The van der Waals surface area contributed by atoms with Gasteiger partial charge in [0, 0.05) is 25.2 Å². The SMILES string of the molecule is Cc1cc(C)n(-c2ccc(CNC(=O)NCCCC(=O)O)c(C(F)(F)F)c2)n1. The van der Waals surface area contributed by atoms with Gasteiger partial charge < -0.3 is 15.7 Å². The first-order valence-corrected chi connectivity index (χ1v) is 8.55. The second kappa shape index (κ2) is 8.77. The van der Waals surface area contributed by atoms with Gasteiger partial charge in [-0.2, -0.15) is 18.3 Å². The molecule has 0 atom stereocenters. The van der Waals surface area contributed by atoms with E-state index < -0.39 is 23.7 Å². The number of alkyl halides is 3. The molecule has 2 amide bonds. The molecule has 152 valence electrons. The molecule has 3 N–H and O–H groups in total. The van der Waals surface area contributed by atoms with E-state index in [9.17, 15) is 22.8 Å². The number of nitrogens with one attached hydrogen (secondary N) is 2. The third-order valence-corrected chi connectivity index (χ3v) is 3.95. The molecule has 0 aliphatic heterocycles. The van der Waals surface area contributed by atoms with E-state index in [4.69, 9.17) is 5.11 Å². The van der Waals surface area contributed by atoms with Crippen molar-refractivity contribution in [1.82, 2.24) is 20.4 Å². The predicted octanol–water partition coefficient (Wildman–Crippen LogP) is 3.17. The van der Waals surface area contributed by atoms with Gasteiger partial charge in [-0.25, -0.2) is 9.48 Å². The molecule has 0 aliphatic rings. The van der Waals surface area contributed by atoms with Crippen molar-refractivity contribution in [2.45, 2.75) is 39.4 Å². The lowest BCUT2D eigenvalue weighted by Gasteiger charge is -2.16. The fourth-order valence-corrected chi connectivity index (χ4v) is 2.68. The first-order valence-electron chi connectivity index (χ1n) is 8.55. The van der Waals surface area contributed by atoms with Crippen LogP contribution in [0.2, 0.25) is 0 Å². The summed E-state index contributed by atoms with van der Waals surface area (Å²) in [5.41, 5.74) is 0.732. The number of halogens is 3. The Bertz CT molecular complexity index is 862. The molecule has 0 unspecified atom stereocenters. The highest BCUT2D eigenvalue weighted by Crippen LogP contribution is 2.33. The normalized spacial score (nSPS) is 11.3. The Morgan fingerprint density at radius 3 is 2.46 bits per heavy atom. The van der Waals surface area contributed by atoms with E-state index in [0.29, 0.717) is 11.4 Å². The maximum absolute atomic E-state index is 13.5. The number of aromatic nitrogens is 2. The summed E-state index contributed by atoms with van der Waals surface area (Å²) in [6.45, 7) is 3.29. The van der Waals surface area contributed by atoms with E-state index in [1.165, 1.54) is 16.8 Å². The Morgan fingerprint density at radius 1 is 1.18 bits per heavy atom. The fourth-order valence-electron chi connectivity index (χ4n) is 2.68. The van der Waals surface area contributed by atoms with Crippen LogP contribution in [0.1, 0.15) is 35.4 Å². The summed E-state index contributed by atoms with van der Waals surface area (Å²) in [5, 5.41) is 17.5. The number of benzene rings is 1. The predicted molar refractivity (Wildman–Crippen MR) is 95.1 cm³/mol. The van der Waals surface area contributed by atoms with Crippen molar-refractivity contribution < 1.29 is 27.9 Å². The summed E-state index contributed by atoms with van der Waals surface area (Å²) in [6, 6.07) is 4.91. The van der Waals surface area contributed by atoms with E-state index in [0.717, 1.165) is 6.07 Å². The highest BCUT2D eigenvalue weighted by molar-refractivity contribution is 5.74. The number of hydrogen-bond donors (Lipinski definition) is 3. The highest BCUT2D eigenvalue weighted by Gasteiger charge is 2.34. The minimum atomic E-state index is -4.60. The molecule has 0 spiro atoms. The van der Waals surface area contributed by atoms with Gasteiger partial charge >= 0.3 is 18.2 Å². The van der Waals surface area contributed by atoms with Crippen LogP contribution in [0.4, 0.5) is 18.0 Å². The monoisotopic (exact) mass is 398 g/mol. The average molecular weight is 398 g/mol. The Labute approximate surface area is 159 Å². The van der Waals surface area contributed by atoms with E-state index in [1.54, 1.807) is 19.9 Å². The van der Waals surface area contributed by atoms with Crippen LogP contribution in [0, 0.1) is 13.8 Å². The van der Waals surface area contributed by atoms with E-state index in [1.807, 2.05) is 0 Å². The number of rotatable bonds is 7. The molecule has 28 heavy (non-hydrogen) atoms. The van der Waals surface area contributed by atoms with Gasteiger partial charge in [0.25, 0.3) is 0 Å². The molecule has 1 aromatic heterocycles. The van der Waals surface area contributed by atoms with Gasteiger partial charge in [-0.05, 0) is 44.0 Å². The molecule has 0 bridgehead atoms. The van der Waals surface area contributed by atoms with Gasteiger partial charge in [-0.1, -0.05) is 6.07 Å². The van der Waals surface area contributed by atoms with Crippen molar-refractivity contribution in [3.63, 3.8) is 0 Å². The topological polar surface area (TPSA) is 96.2 Å². The summed E-state index contributed by atoms with van der Waals surface area (Å²) in [4.78, 5) is 22.1. The number of carboxylic acids is 1. The molecule has 7 nitrogen and oxygen atoms in total. The maximum atomic E-state index is 13.5. The van der Waals surface area contributed by atoms with Crippen LogP contribution in [-0.4, -0.2) is 33.4 Å². The van der Waals surface area contributed by atoms with E-state index >= 15 is 0 Å². The Balaban J connectivity index is 2.10. The van der Waals surface area contributed by atoms with Crippen molar-refractivity contribution in [2.75, 3.05) is 6.54 Å². The Morgan fingerprint density at radius 2 is 1.89 bits per heavy atom. The molecular formula is C18H21F3N4O3. The van der Waals surface area contributed by atoms with Gasteiger partial charge in [0.05, 0.1) is 16.9 Å². The van der Waals surface area contributed by atoms with Gasteiger partial charge in [0.2, 0.25) is 0 Å². The van der Waals surface area contributed by atoms with Crippen LogP contribution < -0.4 is 10.6 Å². The highest BCUT2D eigenvalue weighted by atomic mass is 19.4. The van der Waals surface area contributed by atoms with Crippen LogP contribution >= 0.6 is 0 Å². The maximum Gasteiger partial charge on any atom is 0.416 e. The van der Waals surface area contributed by atoms with Crippen molar-refractivity contribution in [3.05, 3.63) is 46.8 Å². The number of carbonyl (C=O) groups is 2. The minimum absolute atomic E-state index is 0.0848. The summed E-state index contributed by atoms with van der Waals surface area (Å²) >= 11 is 0. The zero-order chi connectivity index (χ0) is 20.9. The van der Waals surface area contributed by atoms with Crippen LogP contribution in [-0.2, 0) is 17.5 Å². The number of carbonyl (C=O) groups excluding carboxylic acids is 1. The Kier molecular flexibility index (Phi) is 6.66. The van der Waals surface area contributed by atoms with Crippen molar-refractivity contribution >= 4 is 12.0 Å². The standard InChI is InChI=1S/C18H21F3N4O3/c1-11-8-12(2)25(24-11)14-6-5-13(15(9-14)18(19,20)21)10-23-17(28)22-7-3-4-16(26)27/h5-6,8-9H,3-4,7,10H2,1-2H3,(H,26,27)(H2,22,23,28). The number of nitrogens with zero attached hydrogens (tertiary/aromatic N) is 2. The number of carboxylic acid groups (broad SMARTS) is 1. The molecule has 10 heteroatoms. The first kappa shape index (κ1) is 21.3. The second-order valence-electron chi connectivity index (χ2n) is 6.28. The lowest BCUT2D eigenvalue weighted by molar-refractivity contribution is -0.138. The summed E-state index contributed by atoms with van der Waals surface area (Å²) in [6.07, 6.45) is -4.47. The Hall–Kier alpha value is -3.04. The third-order valence-electron chi connectivity index (χ3n) is 3.95. The quantitative estimate of drug-likeness (QED) is 0.624. The molecule has 0 saturated carbocycles. The molecule has 2 aromatic rings. The first-order chi connectivity index (χ1) is 13.1. The summed E-state index contributed by atoms with van der Waals surface area (Å²) in [5.74, 6) is -0.986. The lowest BCUT2D eigenvalue weighted by Crippen LogP contribution is -2.36. The van der Waals surface area contributed by atoms with Crippen LogP contribution in [0.5, 0.6) is 0 Å². The molecule has 1 heterocycles. The zero-order valence-electron chi connectivity index (χ0n) is 15.4. The van der Waals surface area contributed by atoms with Crippen LogP contribution in [0.25, 0.3) is 5.69 Å². The van der Waals surface area contributed by atoms with Gasteiger partial charge in [-0.15, -0.1) is 0 Å². The van der Waals surface area contributed by atoms with Crippen LogP contribution in [0.15, 0.2) is 24.3 Å². The molecule has 0 radical (unpaired) electrons. The number of aryl methyl sites for hydroxylation is 2. The number of urea groups is 1. The molecule has 0 saturated heterocycles. The van der Waals surface area contributed by atoms with Crippen molar-refractivity contribution in [2.24, 2.45) is 0 Å². The van der Waals surface area contributed by atoms with E-state index in [2.05, 4.69) is 15.7 Å². The number of aliphatic carboxylic acids is 1. The largest absolute Gasteiger partial charge is 0.481 e. The second-order valence-corrected chi connectivity index (χ2v) is 6.28. The molecular weight excluding hydrogens is 377 g/mol. The van der Waals surface area contributed by atoms with E-state index in [-0.39, 0.29) is 37.2 Å². The van der Waals surface area contributed by atoms with Gasteiger partial charge in [0.1, 0.15) is 0 Å². The minimum Gasteiger partial charge on any atom is -0.481 e. The summed E-state index contributed by atoms with van der Waals surface area (Å²) in [7, 11) is 0. The number of amides is 2. The molecule has 1 aromatic carbocycles. The van der Waals surface area contributed by atoms with Gasteiger partial charge in [-0.3, -0.25) is 4.79 Å². The van der Waals surface area contributed by atoms with Gasteiger partial charge in [0.15, 0.2) is 0 Å².